The molecule has 9 nitrogen and oxygen atoms in total. The van der Waals surface area contributed by atoms with Gasteiger partial charge in [-0.25, -0.2) is 15.0 Å². The minimum atomic E-state index is -0.101. The Morgan fingerprint density at radius 1 is 1.16 bits per heavy atom. The lowest BCUT2D eigenvalue weighted by Gasteiger charge is -2.41. The van der Waals surface area contributed by atoms with Gasteiger partial charge in [0.25, 0.3) is 5.91 Å². The Morgan fingerprint density at radius 3 is 2.84 bits per heavy atom. The number of aliphatic imine (C=N–C) groups is 2. The number of likely N-dealkylation sites (N-methyl/N-ethyl adjacent to an activating group) is 1. The van der Waals surface area contributed by atoms with E-state index in [0.29, 0.717) is 12.0 Å². The molecule has 162 valence electrons. The lowest BCUT2D eigenvalue weighted by Crippen LogP contribution is -2.58. The molecule has 31 heavy (non-hydrogen) atoms. The summed E-state index contributed by atoms with van der Waals surface area (Å²) in [6.07, 6.45) is 9.01. The first-order valence-corrected chi connectivity index (χ1v) is 11.3. The number of piperazine rings is 2. The molecule has 5 aliphatic rings. The van der Waals surface area contributed by atoms with Gasteiger partial charge >= 0.3 is 0 Å². The van der Waals surface area contributed by atoms with Gasteiger partial charge in [0.05, 0.1) is 23.8 Å². The summed E-state index contributed by atoms with van der Waals surface area (Å²) < 4.78 is 0. The Labute approximate surface area is 181 Å². The van der Waals surface area contributed by atoms with Crippen molar-refractivity contribution in [1.82, 2.24) is 20.1 Å². The van der Waals surface area contributed by atoms with Gasteiger partial charge in [-0.15, -0.1) is 0 Å². The monoisotopic (exact) mass is 420 g/mol. The molecular weight excluding hydrogens is 392 g/mol. The summed E-state index contributed by atoms with van der Waals surface area (Å²) >= 11 is 0. The van der Waals surface area contributed by atoms with Gasteiger partial charge in [0.1, 0.15) is 17.7 Å². The smallest absolute Gasteiger partial charge is 0.267 e. The van der Waals surface area contributed by atoms with E-state index in [9.17, 15) is 4.79 Å². The summed E-state index contributed by atoms with van der Waals surface area (Å²) in [4.78, 5) is 33.5. The molecule has 1 aromatic rings. The van der Waals surface area contributed by atoms with Crippen molar-refractivity contribution in [2.24, 2.45) is 15.9 Å². The summed E-state index contributed by atoms with van der Waals surface area (Å²) in [6, 6.07) is 4.65. The van der Waals surface area contributed by atoms with Crippen LogP contribution in [0.4, 0.5) is 11.5 Å². The number of carbonyl (C=O) groups excluding carboxylic acids is 1. The number of amides is 1. The van der Waals surface area contributed by atoms with Crippen LogP contribution in [-0.4, -0.2) is 84.3 Å². The lowest BCUT2D eigenvalue weighted by atomic mass is 10.1. The minimum Gasteiger partial charge on any atom is -0.368 e. The van der Waals surface area contributed by atoms with Gasteiger partial charge in [-0.2, -0.15) is 0 Å². The molecule has 9 heteroatoms. The van der Waals surface area contributed by atoms with E-state index in [0.717, 1.165) is 62.6 Å². The first kappa shape index (κ1) is 18.8. The number of rotatable bonds is 2. The number of guanidine groups is 1. The molecule has 1 aromatic heterocycles. The zero-order chi connectivity index (χ0) is 20.9. The van der Waals surface area contributed by atoms with E-state index < -0.39 is 0 Å². The maximum atomic E-state index is 12.6. The Morgan fingerprint density at radius 2 is 2.03 bits per heavy atom. The molecule has 4 aliphatic heterocycles. The molecule has 1 saturated carbocycles. The summed E-state index contributed by atoms with van der Waals surface area (Å²) in [5.41, 5.74) is 1.90. The molecular formula is C22H28N8O. The van der Waals surface area contributed by atoms with Gasteiger partial charge in [0, 0.05) is 38.4 Å². The molecule has 5 heterocycles. The van der Waals surface area contributed by atoms with E-state index >= 15 is 0 Å². The largest absolute Gasteiger partial charge is 0.368 e. The standard InChI is InChI=1S/C22H28N8O/c1-28-7-9-29(10-8-28)15-5-6-19(23-13-15)26-22-24-12-14-11-18-21(31)25-16-3-2-4-17(16)30(18)20(14)27-22/h5-6,11-14,16-17,20H,2-4,7-10H2,1H3,(H,25,31)(H,23,26,27)/t14?,16-,17-,20?/m0/s1. The third-order valence-corrected chi connectivity index (χ3v) is 7.12. The topological polar surface area (TPSA) is 88.5 Å². The molecule has 0 bridgehead atoms. The predicted molar refractivity (Wildman–Crippen MR) is 120 cm³/mol. The Kier molecular flexibility index (Phi) is 4.45. The highest BCUT2D eigenvalue weighted by Crippen LogP contribution is 2.39. The lowest BCUT2D eigenvalue weighted by molar-refractivity contribution is -0.122. The number of nitrogens with zero attached hydrogens (tertiary/aromatic N) is 6. The molecule has 0 radical (unpaired) electrons. The second-order valence-electron chi connectivity index (χ2n) is 9.08. The number of pyridine rings is 1. The number of fused-ring (bicyclic) bond motifs is 5. The summed E-state index contributed by atoms with van der Waals surface area (Å²) in [6.45, 7) is 4.18. The van der Waals surface area contributed by atoms with Gasteiger partial charge in [0.2, 0.25) is 5.96 Å². The fourth-order valence-electron chi connectivity index (χ4n) is 5.41. The fraction of sp³-hybridized carbons (Fsp3) is 0.545. The SMILES string of the molecule is CN1CCN(c2ccc(NC3=NC4C(C=N3)C=C3C(=O)N[C@H]5CCC[C@@H]5N34)nc2)CC1. The van der Waals surface area contributed by atoms with Crippen LogP contribution < -0.4 is 15.5 Å². The molecule has 2 saturated heterocycles. The van der Waals surface area contributed by atoms with Crippen molar-refractivity contribution in [3.05, 3.63) is 30.1 Å². The second kappa shape index (κ2) is 7.33. The van der Waals surface area contributed by atoms with E-state index in [4.69, 9.17) is 4.99 Å². The highest BCUT2D eigenvalue weighted by atomic mass is 16.2. The van der Waals surface area contributed by atoms with E-state index in [1.54, 1.807) is 0 Å². The molecule has 4 atom stereocenters. The van der Waals surface area contributed by atoms with Gasteiger partial charge in [0.15, 0.2) is 0 Å². The maximum Gasteiger partial charge on any atom is 0.267 e. The molecule has 1 aliphatic carbocycles. The highest BCUT2D eigenvalue weighted by molar-refractivity contribution is 6.01. The average molecular weight is 421 g/mol. The van der Waals surface area contributed by atoms with Gasteiger partial charge in [-0.05, 0) is 44.5 Å². The summed E-state index contributed by atoms with van der Waals surface area (Å²) in [5.74, 6) is 1.35. The third kappa shape index (κ3) is 3.27. The molecule has 2 N–H and O–H groups in total. The summed E-state index contributed by atoms with van der Waals surface area (Å²) in [7, 11) is 2.16. The molecule has 6 rings (SSSR count). The molecule has 0 aromatic carbocycles. The second-order valence-corrected chi connectivity index (χ2v) is 9.08. The molecule has 3 fully saturated rings. The van der Waals surface area contributed by atoms with Crippen molar-refractivity contribution in [1.29, 1.82) is 0 Å². The zero-order valence-electron chi connectivity index (χ0n) is 17.7. The van der Waals surface area contributed by atoms with Crippen molar-refractivity contribution < 1.29 is 4.79 Å². The van der Waals surface area contributed by atoms with Crippen LogP contribution in [0.1, 0.15) is 19.3 Å². The minimum absolute atomic E-state index is 0.0248. The summed E-state index contributed by atoms with van der Waals surface area (Å²) in [5, 5.41) is 6.43. The van der Waals surface area contributed by atoms with Crippen LogP contribution in [0.3, 0.4) is 0 Å². The van der Waals surface area contributed by atoms with Gasteiger partial charge in [-0.1, -0.05) is 0 Å². The molecule has 0 spiro atoms. The Bertz CT molecular complexity index is 962. The first-order chi connectivity index (χ1) is 15.2. The van der Waals surface area contributed by atoms with Crippen LogP contribution in [0, 0.1) is 5.92 Å². The number of hydrogen-bond donors (Lipinski definition) is 2. The third-order valence-electron chi connectivity index (χ3n) is 7.12. The van der Waals surface area contributed by atoms with E-state index in [-0.39, 0.29) is 24.0 Å². The average Bonchev–Trinajstić information content (AvgIpc) is 3.39. The number of aromatic nitrogens is 1. The van der Waals surface area contributed by atoms with Crippen molar-refractivity contribution in [2.75, 3.05) is 43.4 Å². The number of carbonyl (C=O) groups is 1. The van der Waals surface area contributed by atoms with Crippen LogP contribution in [0.2, 0.25) is 0 Å². The number of anilines is 2. The molecule has 1 amide bonds. The van der Waals surface area contributed by atoms with Crippen LogP contribution in [-0.2, 0) is 4.79 Å². The highest BCUT2D eigenvalue weighted by Gasteiger charge is 2.49. The van der Waals surface area contributed by atoms with E-state index in [2.05, 4.69) is 48.4 Å². The fourth-order valence-corrected chi connectivity index (χ4v) is 5.41. The molecule has 2 unspecified atom stereocenters. The maximum absolute atomic E-state index is 12.6. The van der Waals surface area contributed by atoms with E-state index in [1.807, 2.05) is 24.6 Å². The predicted octanol–water partition coefficient (Wildman–Crippen LogP) is 0.878. The zero-order valence-corrected chi connectivity index (χ0v) is 17.7. The van der Waals surface area contributed by atoms with Crippen molar-refractivity contribution in [3.63, 3.8) is 0 Å². The van der Waals surface area contributed by atoms with Gasteiger partial charge in [-0.3, -0.25) is 4.79 Å². The Hall–Kier alpha value is -2.94. The van der Waals surface area contributed by atoms with Crippen molar-refractivity contribution in [3.8, 4) is 0 Å². The Balaban J connectivity index is 1.17. The number of nitrogens with one attached hydrogen (secondary N) is 2. The normalized spacial score (nSPS) is 32.1. The van der Waals surface area contributed by atoms with Crippen LogP contribution >= 0.6 is 0 Å². The van der Waals surface area contributed by atoms with Crippen molar-refractivity contribution in [2.45, 2.75) is 37.5 Å². The quantitative estimate of drug-likeness (QED) is 0.739. The first-order valence-electron chi connectivity index (χ1n) is 11.3. The van der Waals surface area contributed by atoms with Crippen LogP contribution in [0.15, 0.2) is 40.1 Å². The van der Waals surface area contributed by atoms with Crippen molar-refractivity contribution >= 4 is 29.6 Å². The van der Waals surface area contributed by atoms with Crippen LogP contribution in [0.25, 0.3) is 0 Å². The number of hydrogen-bond acceptors (Lipinski definition) is 8. The van der Waals surface area contributed by atoms with Crippen LogP contribution in [0.5, 0.6) is 0 Å². The van der Waals surface area contributed by atoms with E-state index in [1.165, 1.54) is 0 Å². The van der Waals surface area contributed by atoms with Gasteiger partial charge < -0.3 is 25.3 Å².